The Hall–Kier alpha value is -2.13. The predicted octanol–water partition coefficient (Wildman–Crippen LogP) is 4.72. The van der Waals surface area contributed by atoms with Crippen LogP contribution in [0.15, 0.2) is 48.5 Å². The van der Waals surface area contributed by atoms with Gasteiger partial charge in [0.2, 0.25) is 0 Å². The molecule has 0 bridgehead atoms. The molecule has 0 saturated heterocycles. The summed E-state index contributed by atoms with van der Waals surface area (Å²) < 4.78 is 11.5. The number of hydrogen-bond acceptors (Lipinski definition) is 3. The molecule has 1 saturated carbocycles. The molecule has 3 heteroatoms. The molecule has 3 rings (SSSR count). The van der Waals surface area contributed by atoms with E-state index in [9.17, 15) is 4.79 Å². The minimum atomic E-state index is 0.0400. The van der Waals surface area contributed by atoms with E-state index in [1.165, 1.54) is 11.1 Å². The van der Waals surface area contributed by atoms with Crippen LogP contribution in [-0.4, -0.2) is 25.6 Å². The minimum absolute atomic E-state index is 0.0400. The van der Waals surface area contributed by atoms with Gasteiger partial charge >= 0.3 is 0 Å². The second kappa shape index (κ2) is 9.00. The standard InChI is InChI=1S/C23H28O3/c1-17(26-12-11-18-7-4-3-5-8-18)13-19-14-20(16-21(15-19)25-2)22-9-6-10-23(22)24/h3-5,7-8,14-17,22H,6,9-13H2,1-2H3. The van der Waals surface area contributed by atoms with E-state index in [0.29, 0.717) is 18.8 Å². The van der Waals surface area contributed by atoms with E-state index in [2.05, 4.69) is 43.3 Å². The highest BCUT2D eigenvalue weighted by Crippen LogP contribution is 2.34. The van der Waals surface area contributed by atoms with E-state index < -0.39 is 0 Å². The van der Waals surface area contributed by atoms with Crippen molar-refractivity contribution in [3.63, 3.8) is 0 Å². The van der Waals surface area contributed by atoms with Crippen molar-refractivity contribution in [3.05, 3.63) is 65.2 Å². The first kappa shape index (κ1) is 18.7. The van der Waals surface area contributed by atoms with E-state index in [-0.39, 0.29) is 12.0 Å². The van der Waals surface area contributed by atoms with Gasteiger partial charge in [0.1, 0.15) is 11.5 Å². The summed E-state index contributed by atoms with van der Waals surface area (Å²) in [6.45, 7) is 2.81. The summed E-state index contributed by atoms with van der Waals surface area (Å²) in [5.41, 5.74) is 3.56. The Morgan fingerprint density at radius 1 is 1.12 bits per heavy atom. The number of ketones is 1. The van der Waals surface area contributed by atoms with E-state index in [1.807, 2.05) is 12.1 Å². The van der Waals surface area contributed by atoms with Crippen LogP contribution < -0.4 is 4.74 Å². The number of ether oxygens (including phenoxy) is 2. The van der Waals surface area contributed by atoms with Crippen molar-refractivity contribution in [1.29, 1.82) is 0 Å². The first-order valence-corrected chi connectivity index (χ1v) is 9.52. The molecule has 2 aromatic carbocycles. The van der Waals surface area contributed by atoms with Crippen LogP contribution in [0.25, 0.3) is 0 Å². The van der Waals surface area contributed by atoms with Crippen molar-refractivity contribution in [2.45, 2.75) is 51.0 Å². The average molecular weight is 352 g/mol. The van der Waals surface area contributed by atoms with Crippen LogP contribution in [0.5, 0.6) is 5.75 Å². The molecule has 1 aliphatic carbocycles. The first-order valence-electron chi connectivity index (χ1n) is 9.52. The van der Waals surface area contributed by atoms with E-state index >= 15 is 0 Å². The van der Waals surface area contributed by atoms with E-state index in [0.717, 1.165) is 37.0 Å². The lowest BCUT2D eigenvalue weighted by atomic mass is 9.93. The highest BCUT2D eigenvalue weighted by atomic mass is 16.5. The second-order valence-electron chi connectivity index (χ2n) is 7.15. The third-order valence-electron chi connectivity index (χ3n) is 5.09. The molecule has 138 valence electrons. The van der Waals surface area contributed by atoms with Crippen molar-refractivity contribution in [3.8, 4) is 5.75 Å². The van der Waals surface area contributed by atoms with Crippen LogP contribution in [0.3, 0.4) is 0 Å². The van der Waals surface area contributed by atoms with Crippen LogP contribution >= 0.6 is 0 Å². The molecule has 0 N–H and O–H groups in total. The number of carbonyl (C=O) groups excluding carboxylic acids is 1. The van der Waals surface area contributed by atoms with Gasteiger partial charge in [-0.15, -0.1) is 0 Å². The number of Topliss-reactive ketones (excluding diaryl/α,β-unsaturated/α-hetero) is 1. The van der Waals surface area contributed by atoms with Crippen molar-refractivity contribution in [2.75, 3.05) is 13.7 Å². The Kier molecular flexibility index (Phi) is 6.45. The topological polar surface area (TPSA) is 35.5 Å². The second-order valence-corrected chi connectivity index (χ2v) is 7.15. The average Bonchev–Trinajstić information content (AvgIpc) is 3.08. The highest BCUT2D eigenvalue weighted by Gasteiger charge is 2.26. The molecule has 2 aromatic rings. The monoisotopic (exact) mass is 352 g/mol. The largest absolute Gasteiger partial charge is 0.497 e. The summed E-state index contributed by atoms with van der Waals surface area (Å²) in [5.74, 6) is 1.23. The molecule has 1 aliphatic rings. The molecule has 0 amide bonds. The summed E-state index contributed by atoms with van der Waals surface area (Å²) in [4.78, 5) is 12.1. The van der Waals surface area contributed by atoms with Gasteiger partial charge in [-0.2, -0.15) is 0 Å². The number of rotatable bonds is 8. The van der Waals surface area contributed by atoms with Gasteiger partial charge in [-0.1, -0.05) is 36.4 Å². The van der Waals surface area contributed by atoms with Gasteiger partial charge in [-0.05, 0) is 61.4 Å². The molecule has 2 atom stereocenters. The van der Waals surface area contributed by atoms with Gasteiger partial charge in [0.05, 0.1) is 19.8 Å². The van der Waals surface area contributed by atoms with Crippen molar-refractivity contribution < 1.29 is 14.3 Å². The molecular formula is C23H28O3. The Morgan fingerprint density at radius 2 is 1.92 bits per heavy atom. The zero-order valence-corrected chi connectivity index (χ0v) is 15.7. The summed E-state index contributed by atoms with van der Waals surface area (Å²) >= 11 is 0. The maximum atomic E-state index is 12.1. The van der Waals surface area contributed by atoms with Crippen LogP contribution in [0.2, 0.25) is 0 Å². The predicted molar refractivity (Wildman–Crippen MR) is 104 cm³/mol. The smallest absolute Gasteiger partial charge is 0.140 e. The molecule has 0 heterocycles. The first-order chi connectivity index (χ1) is 12.7. The van der Waals surface area contributed by atoms with Crippen molar-refractivity contribution in [1.82, 2.24) is 0 Å². The maximum absolute atomic E-state index is 12.1. The van der Waals surface area contributed by atoms with Gasteiger partial charge in [-0.3, -0.25) is 4.79 Å². The fourth-order valence-corrected chi connectivity index (χ4v) is 3.70. The molecule has 0 aliphatic heterocycles. The van der Waals surface area contributed by atoms with Crippen LogP contribution in [0, 0.1) is 0 Å². The normalized spacial score (nSPS) is 18.1. The summed E-state index contributed by atoms with van der Waals surface area (Å²) in [7, 11) is 1.68. The molecule has 2 unspecified atom stereocenters. The van der Waals surface area contributed by atoms with Crippen LogP contribution in [-0.2, 0) is 22.4 Å². The molecule has 26 heavy (non-hydrogen) atoms. The Balaban J connectivity index is 1.60. The summed E-state index contributed by atoms with van der Waals surface area (Å²) in [5, 5.41) is 0. The third kappa shape index (κ3) is 4.95. The highest BCUT2D eigenvalue weighted by molar-refractivity contribution is 5.87. The Bertz CT molecular complexity index is 723. The van der Waals surface area contributed by atoms with Gasteiger partial charge in [0.15, 0.2) is 0 Å². The lowest BCUT2D eigenvalue weighted by Crippen LogP contribution is -2.14. The van der Waals surface area contributed by atoms with Crippen molar-refractivity contribution in [2.24, 2.45) is 0 Å². The molecular weight excluding hydrogens is 324 g/mol. The number of hydrogen-bond donors (Lipinski definition) is 0. The molecule has 3 nitrogen and oxygen atoms in total. The quantitative estimate of drug-likeness (QED) is 0.689. The van der Waals surface area contributed by atoms with Gasteiger partial charge in [0.25, 0.3) is 0 Å². The van der Waals surface area contributed by atoms with Crippen molar-refractivity contribution >= 4 is 5.78 Å². The molecule has 0 spiro atoms. The summed E-state index contributed by atoms with van der Waals surface area (Å²) in [6, 6.07) is 16.6. The fraction of sp³-hybridized carbons (Fsp3) is 0.435. The lowest BCUT2D eigenvalue weighted by molar-refractivity contribution is -0.118. The van der Waals surface area contributed by atoms with E-state index in [4.69, 9.17) is 9.47 Å². The van der Waals surface area contributed by atoms with E-state index in [1.54, 1.807) is 7.11 Å². The zero-order valence-electron chi connectivity index (χ0n) is 15.7. The number of carbonyl (C=O) groups is 1. The maximum Gasteiger partial charge on any atom is 0.140 e. The third-order valence-corrected chi connectivity index (χ3v) is 5.09. The lowest BCUT2D eigenvalue weighted by Gasteiger charge is -2.17. The number of methoxy groups -OCH3 is 1. The van der Waals surface area contributed by atoms with Gasteiger partial charge < -0.3 is 9.47 Å². The Labute approximate surface area is 156 Å². The van der Waals surface area contributed by atoms with Gasteiger partial charge in [0, 0.05) is 12.3 Å². The van der Waals surface area contributed by atoms with Crippen LogP contribution in [0.1, 0.15) is 48.8 Å². The minimum Gasteiger partial charge on any atom is -0.497 e. The molecule has 1 fully saturated rings. The fourth-order valence-electron chi connectivity index (χ4n) is 3.70. The SMILES string of the molecule is COc1cc(CC(C)OCCc2ccccc2)cc(C2CCCC2=O)c1. The molecule has 0 aromatic heterocycles. The number of benzene rings is 2. The molecule has 0 radical (unpaired) electrons. The zero-order chi connectivity index (χ0) is 18.4. The Morgan fingerprint density at radius 3 is 2.62 bits per heavy atom. The van der Waals surface area contributed by atoms with Crippen LogP contribution in [0.4, 0.5) is 0 Å². The summed E-state index contributed by atoms with van der Waals surface area (Å²) in [6.07, 6.45) is 4.52. The van der Waals surface area contributed by atoms with Gasteiger partial charge in [-0.25, -0.2) is 0 Å².